The zero-order chi connectivity index (χ0) is 9.97. The van der Waals surface area contributed by atoms with Gasteiger partial charge >= 0.3 is 0 Å². The van der Waals surface area contributed by atoms with Crippen LogP contribution < -0.4 is 5.32 Å². The van der Waals surface area contributed by atoms with Gasteiger partial charge in [-0.1, -0.05) is 0 Å². The highest BCUT2D eigenvalue weighted by atomic mass is 16.5. The van der Waals surface area contributed by atoms with Gasteiger partial charge in [-0.25, -0.2) is 4.98 Å². The van der Waals surface area contributed by atoms with Crippen LogP contribution >= 0.6 is 0 Å². The Labute approximate surface area is 84.3 Å². The largest absolute Gasteiger partial charge is 0.366 e. The number of nitrogens with one attached hydrogen (secondary N) is 1. The maximum atomic E-state index is 5.88. The van der Waals surface area contributed by atoms with Crippen molar-refractivity contribution in [3.8, 4) is 0 Å². The molecule has 1 fully saturated rings. The van der Waals surface area contributed by atoms with E-state index in [4.69, 9.17) is 4.74 Å². The fourth-order valence-corrected chi connectivity index (χ4v) is 1.96. The molecule has 14 heavy (non-hydrogen) atoms. The third-order valence-electron chi connectivity index (χ3n) is 2.69. The first-order valence-electron chi connectivity index (χ1n) is 5.08. The molecule has 78 valence electrons. The topological polar surface area (TPSA) is 39.1 Å². The number of nitrogens with zero attached hydrogens (tertiary/aromatic N) is 2. The van der Waals surface area contributed by atoms with Crippen LogP contribution in [0.3, 0.4) is 0 Å². The van der Waals surface area contributed by atoms with E-state index >= 15 is 0 Å². The summed E-state index contributed by atoms with van der Waals surface area (Å²) in [4.78, 5) is 4.31. The molecule has 0 aliphatic carbocycles. The molecular formula is C10H17N3O. The molecule has 2 rings (SSSR count). The molecule has 0 aromatic carbocycles. The summed E-state index contributed by atoms with van der Waals surface area (Å²) >= 11 is 0. The second-order valence-corrected chi connectivity index (χ2v) is 3.78. The highest BCUT2D eigenvalue weighted by molar-refractivity contribution is 4.98. The van der Waals surface area contributed by atoms with Crippen LogP contribution in [0.2, 0.25) is 0 Å². The minimum atomic E-state index is 0.188. The molecule has 4 heteroatoms. The van der Waals surface area contributed by atoms with Crippen molar-refractivity contribution in [1.82, 2.24) is 14.9 Å². The first-order valence-corrected chi connectivity index (χ1v) is 5.08. The highest BCUT2D eigenvalue weighted by Gasteiger charge is 2.28. The molecule has 2 atom stereocenters. The van der Waals surface area contributed by atoms with E-state index < -0.39 is 0 Å². The summed E-state index contributed by atoms with van der Waals surface area (Å²) in [5.74, 6) is 1.05. The van der Waals surface area contributed by atoms with Crippen LogP contribution in [0.1, 0.15) is 24.8 Å². The number of hydrogen-bond acceptors (Lipinski definition) is 3. The lowest BCUT2D eigenvalue weighted by molar-refractivity contribution is 0.0397. The number of hydrogen-bond donors (Lipinski definition) is 1. The van der Waals surface area contributed by atoms with Gasteiger partial charge in [0.05, 0.1) is 6.10 Å². The average molecular weight is 195 g/mol. The van der Waals surface area contributed by atoms with Gasteiger partial charge in [-0.05, 0) is 19.9 Å². The van der Waals surface area contributed by atoms with E-state index in [1.165, 1.54) is 0 Å². The lowest BCUT2D eigenvalue weighted by Crippen LogP contribution is -2.23. The smallest absolute Gasteiger partial charge is 0.137 e. The Morgan fingerprint density at radius 2 is 2.50 bits per heavy atom. The first-order chi connectivity index (χ1) is 6.81. The summed E-state index contributed by atoms with van der Waals surface area (Å²) in [5, 5.41) is 3.14. The maximum Gasteiger partial charge on any atom is 0.137 e. The van der Waals surface area contributed by atoms with E-state index in [9.17, 15) is 0 Å². The van der Waals surface area contributed by atoms with Gasteiger partial charge in [0.15, 0.2) is 0 Å². The zero-order valence-corrected chi connectivity index (χ0v) is 8.73. The molecule has 1 saturated heterocycles. The molecule has 1 aliphatic heterocycles. The standard InChI is InChI=1S/C10H17N3O/c1-11-7-8-3-4-9(14-8)10-12-5-6-13(10)2/h5-6,8-9,11H,3-4,7H2,1-2H3. The Morgan fingerprint density at radius 1 is 1.64 bits per heavy atom. The third-order valence-corrected chi connectivity index (χ3v) is 2.69. The van der Waals surface area contributed by atoms with Crippen LogP contribution in [-0.4, -0.2) is 29.2 Å². The van der Waals surface area contributed by atoms with Crippen LogP contribution in [0.5, 0.6) is 0 Å². The van der Waals surface area contributed by atoms with Crippen LogP contribution in [0.4, 0.5) is 0 Å². The third kappa shape index (κ3) is 1.81. The van der Waals surface area contributed by atoms with Gasteiger partial charge < -0.3 is 14.6 Å². The lowest BCUT2D eigenvalue weighted by Gasteiger charge is -2.12. The Hall–Kier alpha value is -0.870. The molecule has 1 N–H and O–H groups in total. The number of rotatable bonds is 3. The average Bonchev–Trinajstić information content (AvgIpc) is 2.74. The van der Waals surface area contributed by atoms with Crippen LogP contribution in [0, 0.1) is 0 Å². The van der Waals surface area contributed by atoms with E-state index in [-0.39, 0.29) is 6.10 Å². The first kappa shape index (κ1) is 9.68. The van der Waals surface area contributed by atoms with Crippen molar-refractivity contribution in [1.29, 1.82) is 0 Å². The quantitative estimate of drug-likeness (QED) is 0.777. The summed E-state index contributed by atoms with van der Waals surface area (Å²) in [6.07, 6.45) is 6.53. The van der Waals surface area contributed by atoms with Crippen molar-refractivity contribution in [3.05, 3.63) is 18.2 Å². The lowest BCUT2D eigenvalue weighted by atomic mass is 10.2. The van der Waals surface area contributed by atoms with Gasteiger partial charge in [0, 0.05) is 26.0 Å². The van der Waals surface area contributed by atoms with Gasteiger partial charge in [-0.15, -0.1) is 0 Å². The molecule has 2 unspecified atom stereocenters. The van der Waals surface area contributed by atoms with E-state index in [0.29, 0.717) is 6.10 Å². The molecule has 1 aromatic rings. The monoisotopic (exact) mass is 195 g/mol. The predicted octanol–water partition coefficient (Wildman–Crippen LogP) is 0.860. The van der Waals surface area contributed by atoms with Crippen LogP contribution in [-0.2, 0) is 11.8 Å². The van der Waals surface area contributed by atoms with Crippen molar-refractivity contribution >= 4 is 0 Å². The minimum Gasteiger partial charge on any atom is -0.366 e. The summed E-state index contributed by atoms with van der Waals surface area (Å²) < 4.78 is 7.92. The number of aromatic nitrogens is 2. The summed E-state index contributed by atoms with van der Waals surface area (Å²) in [5.41, 5.74) is 0. The van der Waals surface area contributed by atoms with E-state index in [1.807, 2.05) is 31.1 Å². The molecule has 1 aliphatic rings. The number of likely N-dealkylation sites (N-methyl/N-ethyl adjacent to an activating group) is 1. The van der Waals surface area contributed by atoms with Gasteiger partial charge in [0.2, 0.25) is 0 Å². The van der Waals surface area contributed by atoms with Crippen molar-refractivity contribution in [2.75, 3.05) is 13.6 Å². The van der Waals surface area contributed by atoms with Crippen molar-refractivity contribution < 1.29 is 4.74 Å². The molecule has 0 spiro atoms. The fourth-order valence-electron chi connectivity index (χ4n) is 1.96. The molecule has 0 saturated carbocycles. The highest BCUT2D eigenvalue weighted by Crippen LogP contribution is 2.30. The van der Waals surface area contributed by atoms with E-state index in [2.05, 4.69) is 10.3 Å². The Bertz CT molecular complexity index is 297. The number of aryl methyl sites for hydroxylation is 1. The molecule has 4 nitrogen and oxygen atoms in total. The van der Waals surface area contributed by atoms with Crippen molar-refractivity contribution in [2.45, 2.75) is 25.0 Å². The van der Waals surface area contributed by atoms with E-state index in [1.54, 1.807) is 0 Å². The van der Waals surface area contributed by atoms with Crippen LogP contribution in [0.15, 0.2) is 12.4 Å². The molecule has 0 radical (unpaired) electrons. The van der Waals surface area contributed by atoms with Gasteiger partial charge in [-0.3, -0.25) is 0 Å². The Morgan fingerprint density at radius 3 is 3.14 bits per heavy atom. The Kier molecular flexibility index (Phi) is 2.84. The minimum absolute atomic E-state index is 0.188. The molecule has 0 amide bonds. The van der Waals surface area contributed by atoms with Gasteiger partial charge in [0.25, 0.3) is 0 Å². The van der Waals surface area contributed by atoms with Crippen molar-refractivity contribution in [2.24, 2.45) is 7.05 Å². The van der Waals surface area contributed by atoms with Crippen molar-refractivity contribution in [3.63, 3.8) is 0 Å². The summed E-state index contributed by atoms with van der Waals surface area (Å²) in [7, 11) is 3.97. The SMILES string of the molecule is CNCC1CCC(c2nccn2C)O1. The molecule has 0 bridgehead atoms. The molecular weight excluding hydrogens is 178 g/mol. The molecule has 1 aromatic heterocycles. The normalized spacial score (nSPS) is 27.0. The summed E-state index contributed by atoms with van der Waals surface area (Å²) in [6, 6.07) is 0. The predicted molar refractivity (Wildman–Crippen MR) is 54.0 cm³/mol. The van der Waals surface area contributed by atoms with Gasteiger partial charge in [-0.2, -0.15) is 0 Å². The molecule has 2 heterocycles. The zero-order valence-electron chi connectivity index (χ0n) is 8.73. The second-order valence-electron chi connectivity index (χ2n) is 3.78. The van der Waals surface area contributed by atoms with E-state index in [0.717, 1.165) is 25.2 Å². The Balaban J connectivity index is 1.99. The number of ether oxygens (including phenoxy) is 1. The number of imidazole rings is 1. The van der Waals surface area contributed by atoms with Gasteiger partial charge in [0.1, 0.15) is 11.9 Å². The summed E-state index contributed by atoms with van der Waals surface area (Å²) in [6.45, 7) is 0.931. The second kappa shape index (κ2) is 4.11. The maximum absolute atomic E-state index is 5.88. The fraction of sp³-hybridized carbons (Fsp3) is 0.700. The van der Waals surface area contributed by atoms with Crippen LogP contribution in [0.25, 0.3) is 0 Å².